The summed E-state index contributed by atoms with van der Waals surface area (Å²) in [6.45, 7) is 6.36. The summed E-state index contributed by atoms with van der Waals surface area (Å²) >= 11 is 10.8. The van der Waals surface area contributed by atoms with E-state index < -0.39 is 10.0 Å². The number of thioether (sulfide) groups is 6. The molecule has 3 heterocycles. The zero-order chi connectivity index (χ0) is 22.0. The molecule has 166 valence electrons. The average molecular weight is 558 g/mol. The van der Waals surface area contributed by atoms with Gasteiger partial charge in [0.25, 0.3) is 0 Å². The first-order chi connectivity index (χ1) is 14.9. The van der Waals surface area contributed by atoms with Gasteiger partial charge in [-0.25, -0.2) is 25.1 Å². The minimum Gasteiger partial charge on any atom is -0.504 e. The molecular weight excluding hydrogens is 537 g/mol. The van der Waals surface area contributed by atoms with E-state index >= 15 is 0 Å². The standard InChI is InChI=1S/C21H21NO2S7.2Li/c1-4-10-25-18-19(26-11-5-2)30-21(29-18)20-27-16-12-22(13-17(16)28-20)31(23,24)15-8-6-14(3)7-9-15;;/h6-9H,4-5,10-11H2,1-3H3;;/q-2;2*+1. The van der Waals surface area contributed by atoms with Crippen LogP contribution in [0.3, 0.4) is 0 Å². The molecule has 0 bridgehead atoms. The van der Waals surface area contributed by atoms with Crippen molar-refractivity contribution < 1.29 is 46.1 Å². The first-order valence-corrected chi connectivity index (χ1v) is 16.4. The van der Waals surface area contributed by atoms with Gasteiger partial charge in [-0.2, -0.15) is 0 Å². The molecule has 1 aromatic carbocycles. The van der Waals surface area contributed by atoms with Gasteiger partial charge in [0.1, 0.15) is 0 Å². The minimum absolute atomic E-state index is 0. The Hall–Kier alpha value is 1.22. The quantitative estimate of drug-likeness (QED) is 0.360. The van der Waals surface area contributed by atoms with Crippen molar-refractivity contribution in [3.05, 3.63) is 59.2 Å². The van der Waals surface area contributed by atoms with E-state index in [0.717, 1.165) is 43.7 Å². The molecular formula is C21H21Li2NO2S7. The smallest absolute Gasteiger partial charge is 0.504 e. The SMILES string of the molecule is CCCSC1=C(SCCC)SC(=C2Sc3[c-]n(S(=O)(=O)c4ccc(C)cc4)[c-]c3S2)S1.[Li+].[Li+]. The molecule has 0 amide bonds. The maximum absolute atomic E-state index is 12.9. The van der Waals surface area contributed by atoms with Crippen molar-refractivity contribution in [2.45, 2.75) is 48.3 Å². The Labute approximate surface area is 247 Å². The van der Waals surface area contributed by atoms with Crippen LogP contribution < -0.4 is 37.7 Å². The van der Waals surface area contributed by atoms with Crippen LogP contribution in [0.4, 0.5) is 0 Å². The topological polar surface area (TPSA) is 39.1 Å². The van der Waals surface area contributed by atoms with E-state index in [1.807, 2.05) is 54.0 Å². The van der Waals surface area contributed by atoms with E-state index in [2.05, 4.69) is 26.2 Å². The molecule has 2 aromatic rings. The molecule has 0 spiro atoms. The Balaban J connectivity index is 0.00000193. The number of aromatic nitrogens is 1. The van der Waals surface area contributed by atoms with E-state index in [-0.39, 0.29) is 42.6 Å². The Morgan fingerprint density at radius 3 is 1.73 bits per heavy atom. The number of fused-ring (bicyclic) bond motifs is 1. The van der Waals surface area contributed by atoms with E-state index in [4.69, 9.17) is 0 Å². The third kappa shape index (κ3) is 7.17. The first-order valence-electron chi connectivity index (χ1n) is 9.77. The van der Waals surface area contributed by atoms with Crippen LogP contribution in [-0.2, 0) is 10.0 Å². The van der Waals surface area contributed by atoms with Gasteiger partial charge in [0, 0.05) is 4.24 Å². The van der Waals surface area contributed by atoms with Crippen LogP contribution in [0.5, 0.6) is 0 Å². The van der Waals surface area contributed by atoms with Crippen LogP contribution in [0.15, 0.2) is 55.9 Å². The van der Waals surface area contributed by atoms with Gasteiger partial charge < -0.3 is 10.2 Å². The van der Waals surface area contributed by atoms with Gasteiger partial charge >= 0.3 is 37.7 Å². The van der Waals surface area contributed by atoms with E-state index in [0.29, 0.717) is 0 Å². The summed E-state index contributed by atoms with van der Waals surface area (Å²) in [6, 6.07) is 6.88. The molecule has 0 saturated heterocycles. The molecule has 0 atom stereocenters. The van der Waals surface area contributed by atoms with Crippen LogP contribution in [0.2, 0.25) is 0 Å². The summed E-state index contributed by atoms with van der Waals surface area (Å²) in [5.74, 6) is 2.26. The van der Waals surface area contributed by atoms with Crippen LogP contribution in [0, 0.1) is 19.3 Å². The van der Waals surface area contributed by atoms with Crippen LogP contribution in [0.1, 0.15) is 32.3 Å². The fraction of sp³-hybridized carbons (Fsp3) is 0.333. The Bertz CT molecular complexity index is 1090. The predicted octanol–water partition coefficient (Wildman–Crippen LogP) is 1.86. The van der Waals surface area contributed by atoms with Gasteiger partial charge in [-0.15, -0.1) is 35.3 Å². The molecule has 2 aliphatic rings. The molecule has 0 saturated carbocycles. The summed E-state index contributed by atoms with van der Waals surface area (Å²) in [5.41, 5.74) is 1.03. The summed E-state index contributed by atoms with van der Waals surface area (Å²) in [4.78, 5) is 1.93. The maximum atomic E-state index is 12.9. The summed E-state index contributed by atoms with van der Waals surface area (Å²) in [5, 5.41) is 0. The molecule has 0 N–H and O–H groups in total. The van der Waals surface area contributed by atoms with Crippen molar-refractivity contribution in [1.82, 2.24) is 3.97 Å². The van der Waals surface area contributed by atoms with Gasteiger partial charge in [-0.1, -0.05) is 55.1 Å². The fourth-order valence-corrected chi connectivity index (χ4v) is 12.2. The van der Waals surface area contributed by atoms with E-state index in [1.54, 1.807) is 47.8 Å². The van der Waals surface area contributed by atoms with Gasteiger partial charge in [0.2, 0.25) is 10.0 Å². The largest absolute Gasteiger partial charge is 1.00 e. The zero-order valence-corrected chi connectivity index (χ0v) is 25.0. The van der Waals surface area contributed by atoms with Crippen LogP contribution in [0.25, 0.3) is 0 Å². The Morgan fingerprint density at radius 2 is 1.27 bits per heavy atom. The van der Waals surface area contributed by atoms with Crippen LogP contribution in [-0.4, -0.2) is 23.9 Å². The van der Waals surface area contributed by atoms with Crippen molar-refractivity contribution in [1.29, 1.82) is 0 Å². The monoisotopic (exact) mass is 557 g/mol. The zero-order valence-electron chi connectivity index (χ0n) is 19.3. The second kappa shape index (κ2) is 13.7. The number of aryl methyl sites for hydroxylation is 1. The van der Waals surface area contributed by atoms with Crippen LogP contribution >= 0.6 is 70.6 Å². The number of rotatable bonds is 8. The molecule has 0 fully saturated rings. The summed E-state index contributed by atoms with van der Waals surface area (Å²) in [6.07, 6.45) is 8.38. The molecule has 33 heavy (non-hydrogen) atoms. The number of hydrogen-bond donors (Lipinski definition) is 0. The third-order valence-corrected chi connectivity index (χ3v) is 14.5. The number of hydrogen-bond acceptors (Lipinski definition) is 8. The first kappa shape index (κ1) is 30.4. The van der Waals surface area contributed by atoms with Gasteiger partial charge in [-0.05, 0) is 43.4 Å². The Kier molecular flexibility index (Phi) is 12.6. The van der Waals surface area contributed by atoms with Gasteiger partial charge in [0.15, 0.2) is 0 Å². The Morgan fingerprint density at radius 1 is 0.818 bits per heavy atom. The van der Waals surface area contributed by atoms with Crippen molar-refractivity contribution in [2.24, 2.45) is 0 Å². The summed E-state index contributed by atoms with van der Waals surface area (Å²) < 4.78 is 32.3. The molecule has 0 aliphatic carbocycles. The molecule has 12 heteroatoms. The number of benzene rings is 1. The van der Waals surface area contributed by atoms with Gasteiger partial charge in [0.05, 0.1) is 17.6 Å². The fourth-order valence-electron chi connectivity index (χ4n) is 2.60. The molecule has 4 rings (SSSR count). The minimum atomic E-state index is -3.67. The predicted molar refractivity (Wildman–Crippen MR) is 142 cm³/mol. The molecule has 0 unspecified atom stereocenters. The van der Waals surface area contributed by atoms with Gasteiger partial charge in [-0.3, -0.25) is 11.1 Å². The second-order valence-electron chi connectivity index (χ2n) is 6.72. The van der Waals surface area contributed by atoms with E-state index in [9.17, 15) is 8.42 Å². The number of nitrogens with zero attached hydrogens (tertiary/aromatic N) is 1. The second-order valence-corrected chi connectivity index (χ2v) is 15.8. The maximum Gasteiger partial charge on any atom is 1.00 e. The van der Waals surface area contributed by atoms with Crippen molar-refractivity contribution >= 4 is 80.6 Å². The van der Waals surface area contributed by atoms with Crippen molar-refractivity contribution in [3.63, 3.8) is 0 Å². The third-order valence-electron chi connectivity index (χ3n) is 4.14. The molecule has 2 aliphatic heterocycles. The molecule has 3 nitrogen and oxygen atoms in total. The summed E-state index contributed by atoms with van der Waals surface area (Å²) in [7, 11) is -3.67. The van der Waals surface area contributed by atoms with Crippen molar-refractivity contribution in [2.75, 3.05) is 11.5 Å². The molecule has 0 radical (unpaired) electrons. The normalized spacial score (nSPS) is 15.5. The average Bonchev–Trinajstić information content (AvgIpc) is 3.44. The van der Waals surface area contributed by atoms with E-state index in [1.165, 1.54) is 16.9 Å². The molecule has 1 aromatic heterocycles. The van der Waals surface area contributed by atoms with Crippen molar-refractivity contribution in [3.8, 4) is 0 Å².